The molecule has 0 radical (unpaired) electrons. The molecule has 102 valence electrons. The summed E-state index contributed by atoms with van der Waals surface area (Å²) < 4.78 is 1.28. The molecule has 1 heterocycles. The molecular formula is C16H22N2S. The van der Waals surface area contributed by atoms with E-state index in [4.69, 9.17) is 4.98 Å². The predicted octanol–water partition coefficient (Wildman–Crippen LogP) is 4.84. The van der Waals surface area contributed by atoms with E-state index >= 15 is 0 Å². The molecule has 0 bridgehead atoms. The lowest BCUT2D eigenvalue weighted by molar-refractivity contribution is 0.268. The molecule has 19 heavy (non-hydrogen) atoms. The minimum Gasteiger partial charge on any atom is -0.361 e. The van der Waals surface area contributed by atoms with Crippen molar-refractivity contribution in [2.24, 2.45) is 11.8 Å². The van der Waals surface area contributed by atoms with Gasteiger partial charge >= 0.3 is 0 Å². The van der Waals surface area contributed by atoms with E-state index < -0.39 is 0 Å². The third-order valence-corrected chi connectivity index (χ3v) is 5.34. The highest BCUT2D eigenvalue weighted by atomic mass is 32.1. The molecule has 3 heteroatoms. The number of aromatic nitrogens is 1. The van der Waals surface area contributed by atoms with Crippen molar-refractivity contribution in [2.45, 2.75) is 39.5 Å². The Hall–Kier alpha value is -1.09. The van der Waals surface area contributed by atoms with E-state index in [0.29, 0.717) is 0 Å². The van der Waals surface area contributed by atoms with E-state index in [1.54, 1.807) is 11.3 Å². The molecule has 2 unspecified atom stereocenters. The van der Waals surface area contributed by atoms with Crippen LogP contribution in [0.2, 0.25) is 0 Å². The Morgan fingerprint density at radius 2 is 2.16 bits per heavy atom. The smallest absolute Gasteiger partial charge is 0.183 e. The Balaban J connectivity index is 1.68. The van der Waals surface area contributed by atoms with Crippen molar-refractivity contribution in [1.82, 2.24) is 4.98 Å². The number of fused-ring (bicyclic) bond motifs is 1. The minimum absolute atomic E-state index is 0.822. The summed E-state index contributed by atoms with van der Waals surface area (Å²) in [4.78, 5) is 4.69. The van der Waals surface area contributed by atoms with Crippen molar-refractivity contribution in [3.63, 3.8) is 0 Å². The number of anilines is 1. The third-order valence-electron chi connectivity index (χ3n) is 4.35. The van der Waals surface area contributed by atoms with E-state index in [9.17, 15) is 0 Å². The van der Waals surface area contributed by atoms with Gasteiger partial charge in [-0.25, -0.2) is 4.98 Å². The Bertz CT molecular complexity index is 561. The van der Waals surface area contributed by atoms with Gasteiger partial charge in [-0.1, -0.05) is 43.6 Å². The summed E-state index contributed by atoms with van der Waals surface area (Å²) in [5.74, 6) is 1.68. The van der Waals surface area contributed by atoms with Crippen LogP contribution < -0.4 is 5.32 Å². The molecule has 3 rings (SSSR count). The number of nitrogens with zero attached hydrogens (tertiary/aromatic N) is 1. The van der Waals surface area contributed by atoms with Gasteiger partial charge in [0.05, 0.1) is 10.2 Å². The normalized spacial score (nSPS) is 23.7. The molecule has 2 aromatic rings. The summed E-state index contributed by atoms with van der Waals surface area (Å²) in [6.45, 7) is 5.60. The highest BCUT2D eigenvalue weighted by Gasteiger charge is 2.21. The van der Waals surface area contributed by atoms with Crippen molar-refractivity contribution in [1.29, 1.82) is 0 Å². The fourth-order valence-electron chi connectivity index (χ4n) is 3.03. The van der Waals surface area contributed by atoms with Crippen molar-refractivity contribution >= 4 is 26.7 Å². The van der Waals surface area contributed by atoms with E-state index in [-0.39, 0.29) is 0 Å². The van der Waals surface area contributed by atoms with E-state index in [1.165, 1.54) is 35.9 Å². The lowest BCUT2D eigenvalue weighted by atomic mass is 9.80. The number of hydrogen-bond donors (Lipinski definition) is 1. The predicted molar refractivity (Wildman–Crippen MR) is 84.0 cm³/mol. The summed E-state index contributed by atoms with van der Waals surface area (Å²) in [5.41, 5.74) is 2.41. The van der Waals surface area contributed by atoms with Crippen LogP contribution in [0.25, 0.3) is 10.2 Å². The lowest BCUT2D eigenvalue weighted by Crippen LogP contribution is -2.24. The summed E-state index contributed by atoms with van der Waals surface area (Å²) >= 11 is 1.77. The molecule has 0 saturated heterocycles. The number of rotatable bonds is 3. The first-order chi connectivity index (χ1) is 9.22. The van der Waals surface area contributed by atoms with Crippen LogP contribution >= 0.6 is 11.3 Å². The molecule has 1 aromatic heterocycles. The highest BCUT2D eigenvalue weighted by Crippen LogP contribution is 2.31. The van der Waals surface area contributed by atoms with Crippen LogP contribution in [0.4, 0.5) is 5.13 Å². The second-order valence-corrected chi connectivity index (χ2v) is 6.92. The zero-order valence-corrected chi connectivity index (χ0v) is 12.6. The number of thiazole rings is 1. The molecule has 0 spiro atoms. The second-order valence-electron chi connectivity index (χ2n) is 5.89. The van der Waals surface area contributed by atoms with Crippen LogP contribution in [0.3, 0.4) is 0 Å². The van der Waals surface area contributed by atoms with Gasteiger partial charge < -0.3 is 5.32 Å². The quantitative estimate of drug-likeness (QED) is 0.866. The van der Waals surface area contributed by atoms with Gasteiger partial charge in [-0.3, -0.25) is 0 Å². The van der Waals surface area contributed by atoms with E-state index in [0.717, 1.165) is 29.0 Å². The maximum absolute atomic E-state index is 4.69. The van der Waals surface area contributed by atoms with Crippen molar-refractivity contribution < 1.29 is 0 Å². The van der Waals surface area contributed by atoms with Crippen LogP contribution in [0.5, 0.6) is 0 Å². The lowest BCUT2D eigenvalue weighted by Gasteiger charge is -2.28. The molecule has 1 aliphatic rings. The third kappa shape index (κ3) is 2.92. The zero-order chi connectivity index (χ0) is 13.2. The highest BCUT2D eigenvalue weighted by molar-refractivity contribution is 7.22. The molecule has 1 N–H and O–H groups in total. The maximum atomic E-state index is 4.69. The van der Waals surface area contributed by atoms with Gasteiger partial charge in [-0.15, -0.1) is 0 Å². The molecule has 0 amide bonds. The molecule has 1 saturated carbocycles. The number of benzene rings is 1. The van der Waals surface area contributed by atoms with Crippen molar-refractivity contribution in [3.8, 4) is 0 Å². The molecule has 1 aromatic carbocycles. The van der Waals surface area contributed by atoms with Crippen molar-refractivity contribution in [3.05, 3.63) is 23.8 Å². The van der Waals surface area contributed by atoms with Gasteiger partial charge in [0.1, 0.15) is 0 Å². The van der Waals surface area contributed by atoms with Crippen molar-refractivity contribution in [2.75, 3.05) is 11.9 Å². The van der Waals surface area contributed by atoms with Crippen LogP contribution in [0.1, 0.15) is 38.2 Å². The van der Waals surface area contributed by atoms with Gasteiger partial charge in [0.2, 0.25) is 0 Å². The molecule has 2 atom stereocenters. The maximum Gasteiger partial charge on any atom is 0.183 e. The number of aryl methyl sites for hydroxylation is 1. The monoisotopic (exact) mass is 274 g/mol. The zero-order valence-electron chi connectivity index (χ0n) is 11.8. The summed E-state index contributed by atoms with van der Waals surface area (Å²) in [5, 5.41) is 4.64. The molecular weight excluding hydrogens is 252 g/mol. The molecule has 1 fully saturated rings. The van der Waals surface area contributed by atoms with Gasteiger partial charge in [0.25, 0.3) is 0 Å². The Morgan fingerprint density at radius 1 is 1.32 bits per heavy atom. The molecule has 2 nitrogen and oxygen atoms in total. The van der Waals surface area contributed by atoms with Crippen LogP contribution in [0.15, 0.2) is 18.2 Å². The topological polar surface area (TPSA) is 24.9 Å². The summed E-state index contributed by atoms with van der Waals surface area (Å²) in [6.07, 6.45) is 5.58. The van der Waals surface area contributed by atoms with Crippen LogP contribution in [-0.2, 0) is 0 Å². The first-order valence-electron chi connectivity index (χ1n) is 7.33. The van der Waals surface area contributed by atoms with E-state index in [1.807, 2.05) is 0 Å². The number of hydrogen-bond acceptors (Lipinski definition) is 3. The van der Waals surface area contributed by atoms with Crippen LogP contribution in [-0.4, -0.2) is 11.5 Å². The van der Waals surface area contributed by atoms with Gasteiger partial charge in [0, 0.05) is 6.54 Å². The fourth-order valence-corrected chi connectivity index (χ4v) is 3.88. The first kappa shape index (κ1) is 12.9. The van der Waals surface area contributed by atoms with Crippen LogP contribution in [0, 0.1) is 18.8 Å². The standard InChI is InChI=1S/C16H22N2S/c1-11-7-8-15-14(9-11)18-16(19-15)17-10-13-6-4-3-5-12(13)2/h7-9,12-13H,3-6,10H2,1-2H3,(H,17,18). The average Bonchev–Trinajstić information content (AvgIpc) is 2.79. The molecule has 0 aliphatic heterocycles. The Morgan fingerprint density at radius 3 is 3.00 bits per heavy atom. The second kappa shape index (κ2) is 5.49. The summed E-state index contributed by atoms with van der Waals surface area (Å²) in [7, 11) is 0. The Labute approximate surface area is 119 Å². The number of nitrogens with one attached hydrogen (secondary N) is 1. The first-order valence-corrected chi connectivity index (χ1v) is 8.15. The molecule has 1 aliphatic carbocycles. The SMILES string of the molecule is Cc1ccc2sc(NCC3CCCCC3C)nc2c1. The average molecular weight is 274 g/mol. The van der Waals surface area contributed by atoms with Gasteiger partial charge in [-0.05, 0) is 42.9 Å². The van der Waals surface area contributed by atoms with Gasteiger partial charge in [0.15, 0.2) is 5.13 Å². The fraction of sp³-hybridized carbons (Fsp3) is 0.562. The minimum atomic E-state index is 0.822. The Kier molecular flexibility index (Phi) is 3.74. The summed E-state index contributed by atoms with van der Waals surface area (Å²) in [6, 6.07) is 6.50. The largest absolute Gasteiger partial charge is 0.361 e. The van der Waals surface area contributed by atoms with E-state index in [2.05, 4.69) is 37.4 Å². The van der Waals surface area contributed by atoms with Gasteiger partial charge in [-0.2, -0.15) is 0 Å².